The summed E-state index contributed by atoms with van der Waals surface area (Å²) >= 11 is 0. The molecular weight excluding hydrogens is 613 g/mol. The number of aryl methyl sites for hydroxylation is 2. The average molecular weight is 652 g/mol. The van der Waals surface area contributed by atoms with Gasteiger partial charge in [0.15, 0.2) is 0 Å². The second-order valence-electron chi connectivity index (χ2n) is 14.3. The highest BCUT2D eigenvalue weighted by atomic mass is 15.2. The zero-order chi connectivity index (χ0) is 36.4. The summed E-state index contributed by atoms with van der Waals surface area (Å²) < 4.78 is 33.5. The molecule has 0 radical (unpaired) electrons. The molecule has 10 aromatic rings. The van der Waals surface area contributed by atoms with Crippen LogP contribution in [0.3, 0.4) is 0 Å². The smallest absolute Gasteiger partial charge is 0.220 e. The van der Waals surface area contributed by atoms with Crippen LogP contribution in [0, 0.1) is 13.8 Å². The number of hydrogen-bond acceptors (Lipinski definition) is 2. The first-order chi connectivity index (χ1) is 25.5. The highest BCUT2D eigenvalue weighted by molar-refractivity contribution is 5.95. The fourth-order valence-electron chi connectivity index (χ4n) is 7.88. The molecule has 0 saturated heterocycles. The van der Waals surface area contributed by atoms with E-state index in [0.717, 1.165) is 72.5 Å². The van der Waals surface area contributed by atoms with Crippen molar-refractivity contribution >= 4 is 55.7 Å². The Morgan fingerprint density at radius 3 is 1.64 bits per heavy atom. The lowest BCUT2D eigenvalue weighted by atomic mass is 9.81. The Labute approximate surface area is 293 Å². The van der Waals surface area contributed by atoms with Gasteiger partial charge in [-0.3, -0.25) is 17.9 Å². The Balaban J connectivity index is 1.23. The summed E-state index contributed by atoms with van der Waals surface area (Å²) in [5.74, 6) is 1.55. The van der Waals surface area contributed by atoms with Crippen LogP contribution < -0.4 is 0 Å². The van der Waals surface area contributed by atoms with Crippen molar-refractivity contribution in [3.8, 4) is 22.5 Å². The third-order valence-electron chi connectivity index (χ3n) is 10.1. The van der Waals surface area contributed by atoms with Crippen molar-refractivity contribution in [1.82, 2.24) is 27.9 Å². The lowest BCUT2D eigenvalue weighted by molar-refractivity contribution is 0.592. The van der Waals surface area contributed by atoms with Gasteiger partial charge in [0.2, 0.25) is 11.6 Å². The van der Waals surface area contributed by atoms with Crippen molar-refractivity contribution in [3.63, 3.8) is 0 Å². The van der Waals surface area contributed by atoms with Crippen molar-refractivity contribution in [2.24, 2.45) is 0 Å². The van der Waals surface area contributed by atoms with Crippen LogP contribution in [0.25, 0.3) is 78.2 Å². The van der Waals surface area contributed by atoms with Crippen LogP contribution in [-0.4, -0.2) is 27.9 Å². The topological polar surface area (TPSA) is 44.5 Å². The van der Waals surface area contributed by atoms with Crippen LogP contribution in [0.15, 0.2) is 127 Å². The Morgan fingerprint density at radius 1 is 0.520 bits per heavy atom. The van der Waals surface area contributed by atoms with Gasteiger partial charge in [-0.2, -0.15) is 0 Å². The summed E-state index contributed by atoms with van der Waals surface area (Å²) in [6.45, 7) is 6.57. The van der Waals surface area contributed by atoms with E-state index in [2.05, 4.69) is 143 Å². The molecule has 6 heteroatoms. The van der Waals surface area contributed by atoms with Gasteiger partial charge in [0.25, 0.3) is 0 Å². The predicted octanol–water partition coefficient (Wildman–Crippen LogP) is 10.8. The lowest BCUT2D eigenvalue weighted by Crippen LogP contribution is -2.13. The van der Waals surface area contributed by atoms with Crippen LogP contribution in [0.5, 0.6) is 0 Å². The van der Waals surface area contributed by atoms with Gasteiger partial charge in [0, 0.05) is 15.5 Å². The van der Waals surface area contributed by atoms with Crippen molar-refractivity contribution in [2.45, 2.75) is 40.0 Å². The number of para-hydroxylation sites is 6. The summed E-state index contributed by atoms with van der Waals surface area (Å²) in [5, 5.41) is 0. The molecule has 6 aromatic carbocycles. The van der Waals surface area contributed by atoms with Crippen LogP contribution in [-0.2, 0) is 5.41 Å². The third kappa shape index (κ3) is 3.96. The summed E-state index contributed by atoms with van der Waals surface area (Å²) in [6.07, 6.45) is 0. The maximum atomic E-state index is 8.23. The van der Waals surface area contributed by atoms with Crippen LogP contribution in [0.2, 0.25) is 0 Å². The quantitative estimate of drug-likeness (QED) is 0.191. The van der Waals surface area contributed by atoms with Gasteiger partial charge in [-0.25, -0.2) is 9.97 Å². The molecule has 6 nitrogen and oxygen atoms in total. The van der Waals surface area contributed by atoms with Crippen molar-refractivity contribution in [2.75, 3.05) is 0 Å². The highest BCUT2D eigenvalue weighted by Crippen LogP contribution is 2.39. The number of benzene rings is 6. The van der Waals surface area contributed by atoms with Gasteiger partial charge < -0.3 is 0 Å². The summed E-state index contributed by atoms with van der Waals surface area (Å²) in [4.78, 5) is 10.3. The van der Waals surface area contributed by atoms with E-state index in [1.54, 1.807) is 6.07 Å². The third-order valence-corrected chi connectivity index (χ3v) is 10.1. The standard InChI is InChI=1S/C44H36N6/c1-27-13-10-21-38-40(27)45-42-47(34-17-6-8-19-36(34)49(38)42)30-16-12-15-29(25-30)32-26-31(23-24-33(32)44(3,4)5)48-35-18-7-9-20-37(35)50-39-22-11-14-28(2)41(39)46-43(48)50/h6-26H,1-5H3/i2D3. The number of hydrogen-bond donors (Lipinski definition) is 0. The normalized spacial score (nSPS) is 13.6. The molecule has 0 aliphatic rings. The van der Waals surface area contributed by atoms with Crippen molar-refractivity contribution in [1.29, 1.82) is 0 Å². The molecule has 0 bridgehead atoms. The first-order valence-electron chi connectivity index (χ1n) is 18.5. The molecule has 10 rings (SSSR count). The van der Waals surface area contributed by atoms with Gasteiger partial charge in [-0.05, 0) is 108 Å². The second-order valence-corrected chi connectivity index (χ2v) is 14.3. The molecule has 242 valence electrons. The minimum absolute atomic E-state index is 0.152. The van der Waals surface area contributed by atoms with E-state index in [1.165, 1.54) is 5.56 Å². The minimum atomic E-state index is -2.29. The number of imidazole rings is 4. The molecule has 0 aliphatic heterocycles. The molecule has 0 aliphatic carbocycles. The fraction of sp³-hybridized carbons (Fsp3) is 0.136. The Kier molecular flexibility index (Phi) is 5.26. The summed E-state index contributed by atoms with van der Waals surface area (Å²) in [5.41, 5.74) is 14.1. The second kappa shape index (κ2) is 10.2. The Bertz CT molecular complexity index is 3110. The molecule has 0 N–H and O–H groups in total. The van der Waals surface area contributed by atoms with Gasteiger partial charge in [0.05, 0.1) is 44.1 Å². The average Bonchev–Trinajstić information content (AvgIpc) is 3.87. The molecule has 0 saturated carbocycles. The SMILES string of the molecule is [2H]C([2H])([2H])c1cccc2c1nc1n(-c3ccc(C(C)(C)C)c(-c4cccc(-n5c6ccccc6n6c7cccc(C)c7nc56)c4)c3)c3ccccc3n21. The van der Waals surface area contributed by atoms with Gasteiger partial charge in [-0.15, -0.1) is 0 Å². The number of fused-ring (bicyclic) bond motifs is 10. The van der Waals surface area contributed by atoms with E-state index in [0.29, 0.717) is 11.3 Å². The molecule has 0 unspecified atom stereocenters. The van der Waals surface area contributed by atoms with Crippen molar-refractivity contribution < 1.29 is 4.11 Å². The van der Waals surface area contributed by atoms with Gasteiger partial charge in [0.1, 0.15) is 0 Å². The molecule has 0 atom stereocenters. The van der Waals surface area contributed by atoms with E-state index in [-0.39, 0.29) is 11.0 Å². The Hall–Kier alpha value is -6.14. The van der Waals surface area contributed by atoms with E-state index in [4.69, 9.17) is 14.1 Å². The van der Waals surface area contributed by atoms with E-state index in [9.17, 15) is 0 Å². The van der Waals surface area contributed by atoms with E-state index in [1.807, 2.05) is 24.3 Å². The van der Waals surface area contributed by atoms with E-state index < -0.39 is 6.85 Å². The van der Waals surface area contributed by atoms with Crippen LogP contribution in [0.1, 0.15) is 41.6 Å². The fourth-order valence-corrected chi connectivity index (χ4v) is 7.88. The van der Waals surface area contributed by atoms with Crippen molar-refractivity contribution in [3.05, 3.63) is 144 Å². The first-order valence-corrected chi connectivity index (χ1v) is 17.0. The summed E-state index contributed by atoms with van der Waals surface area (Å²) in [6, 6.07) is 43.9. The maximum absolute atomic E-state index is 8.23. The summed E-state index contributed by atoms with van der Waals surface area (Å²) in [7, 11) is 0. The zero-order valence-electron chi connectivity index (χ0n) is 31.3. The number of nitrogens with zero attached hydrogens (tertiary/aromatic N) is 6. The van der Waals surface area contributed by atoms with Crippen LogP contribution in [0.4, 0.5) is 0 Å². The number of aromatic nitrogens is 6. The Morgan fingerprint density at radius 2 is 1.04 bits per heavy atom. The van der Waals surface area contributed by atoms with E-state index >= 15 is 0 Å². The molecular formula is C44H36N6. The van der Waals surface area contributed by atoms with Gasteiger partial charge >= 0.3 is 0 Å². The molecule has 4 aromatic heterocycles. The lowest BCUT2D eigenvalue weighted by Gasteiger charge is -2.24. The number of rotatable bonds is 3. The monoisotopic (exact) mass is 651 g/mol. The molecule has 0 fully saturated rings. The van der Waals surface area contributed by atoms with Gasteiger partial charge in [-0.1, -0.05) is 87.5 Å². The molecule has 0 amide bonds. The maximum Gasteiger partial charge on any atom is 0.220 e. The zero-order valence-corrected chi connectivity index (χ0v) is 28.3. The van der Waals surface area contributed by atoms with Crippen LogP contribution >= 0.6 is 0 Å². The largest absolute Gasteiger partial charge is 0.278 e. The first kappa shape index (κ1) is 25.8. The molecule has 4 heterocycles. The molecule has 0 spiro atoms. The predicted molar refractivity (Wildman–Crippen MR) is 206 cm³/mol. The minimum Gasteiger partial charge on any atom is -0.278 e. The highest BCUT2D eigenvalue weighted by Gasteiger charge is 2.24. The molecule has 50 heavy (non-hydrogen) atoms.